The van der Waals surface area contributed by atoms with E-state index in [9.17, 15) is 14.4 Å². The van der Waals surface area contributed by atoms with E-state index in [4.69, 9.17) is 4.74 Å². The van der Waals surface area contributed by atoms with Crippen molar-refractivity contribution in [1.29, 1.82) is 0 Å². The average Bonchev–Trinajstić information content (AvgIpc) is 2.54. The maximum absolute atomic E-state index is 11.7. The summed E-state index contributed by atoms with van der Waals surface area (Å²) in [5.74, 6) is -0.332. The zero-order valence-corrected chi connectivity index (χ0v) is 13.8. The number of hydrogen-bond acceptors (Lipinski definition) is 4. The Hall–Kier alpha value is -1.83. The van der Waals surface area contributed by atoms with Crippen molar-refractivity contribution in [3.05, 3.63) is 0 Å². The molecule has 0 bridgehead atoms. The van der Waals surface area contributed by atoms with Gasteiger partial charge in [-0.2, -0.15) is 0 Å². The lowest BCUT2D eigenvalue weighted by Crippen LogP contribution is -2.45. The Morgan fingerprint density at radius 3 is 2.39 bits per heavy atom. The van der Waals surface area contributed by atoms with Crippen LogP contribution in [0.1, 0.15) is 38.5 Å². The smallest absolute Gasteiger partial charge is 0.315 e. The van der Waals surface area contributed by atoms with Crippen LogP contribution in [-0.4, -0.2) is 57.2 Å². The van der Waals surface area contributed by atoms with Crippen LogP contribution in [0, 0.1) is 0 Å². The van der Waals surface area contributed by atoms with E-state index in [1.807, 2.05) is 0 Å². The Balaban J connectivity index is 2.02. The lowest BCUT2D eigenvalue weighted by Gasteiger charge is -2.22. The van der Waals surface area contributed by atoms with Gasteiger partial charge in [-0.05, 0) is 12.8 Å². The number of methoxy groups -OCH3 is 1. The van der Waals surface area contributed by atoms with Crippen molar-refractivity contribution in [1.82, 2.24) is 21.3 Å². The molecule has 1 aliphatic carbocycles. The molecule has 4 N–H and O–H groups in total. The summed E-state index contributed by atoms with van der Waals surface area (Å²) in [6.45, 7) is 1.07. The summed E-state index contributed by atoms with van der Waals surface area (Å²) in [7, 11) is 1.56. The van der Waals surface area contributed by atoms with E-state index in [1.165, 1.54) is 6.42 Å². The Labute approximate surface area is 137 Å². The van der Waals surface area contributed by atoms with Crippen LogP contribution in [0.15, 0.2) is 0 Å². The van der Waals surface area contributed by atoms with Crippen molar-refractivity contribution < 1.29 is 19.1 Å². The fraction of sp³-hybridized carbons (Fsp3) is 0.800. The van der Waals surface area contributed by atoms with Gasteiger partial charge in [-0.1, -0.05) is 19.3 Å². The molecule has 1 saturated carbocycles. The fourth-order valence-electron chi connectivity index (χ4n) is 2.42. The van der Waals surface area contributed by atoms with Gasteiger partial charge < -0.3 is 26.0 Å². The van der Waals surface area contributed by atoms with Crippen LogP contribution in [0.2, 0.25) is 0 Å². The first-order chi connectivity index (χ1) is 11.1. The predicted molar refractivity (Wildman–Crippen MR) is 85.9 cm³/mol. The van der Waals surface area contributed by atoms with Gasteiger partial charge in [-0.3, -0.25) is 9.59 Å². The van der Waals surface area contributed by atoms with Crippen molar-refractivity contribution in [2.24, 2.45) is 0 Å². The molecule has 132 valence electrons. The van der Waals surface area contributed by atoms with E-state index < -0.39 is 6.03 Å². The third-order valence-corrected chi connectivity index (χ3v) is 3.65. The minimum Gasteiger partial charge on any atom is -0.383 e. The summed E-state index contributed by atoms with van der Waals surface area (Å²) in [5, 5.41) is 10.6. The largest absolute Gasteiger partial charge is 0.383 e. The van der Waals surface area contributed by atoms with E-state index in [0.717, 1.165) is 25.7 Å². The fourth-order valence-corrected chi connectivity index (χ4v) is 2.42. The Morgan fingerprint density at radius 1 is 0.957 bits per heavy atom. The summed E-state index contributed by atoms with van der Waals surface area (Å²) in [6.07, 6.45) is 5.72. The Bertz CT molecular complexity index is 384. The molecule has 0 aromatic heterocycles. The van der Waals surface area contributed by atoms with Gasteiger partial charge in [0.1, 0.15) is 0 Å². The highest BCUT2D eigenvalue weighted by Gasteiger charge is 2.15. The van der Waals surface area contributed by atoms with E-state index in [0.29, 0.717) is 13.2 Å². The molecule has 0 saturated heterocycles. The number of ether oxygens (including phenoxy) is 1. The maximum Gasteiger partial charge on any atom is 0.315 e. The molecule has 0 radical (unpaired) electrons. The minimum atomic E-state index is -0.450. The zero-order chi connectivity index (χ0) is 16.9. The van der Waals surface area contributed by atoms with Gasteiger partial charge >= 0.3 is 6.03 Å². The molecular formula is C15H28N4O4. The lowest BCUT2D eigenvalue weighted by molar-refractivity contribution is -0.122. The normalized spacial score (nSPS) is 14.8. The Kier molecular flexibility index (Phi) is 9.78. The summed E-state index contributed by atoms with van der Waals surface area (Å²) < 4.78 is 4.81. The molecule has 23 heavy (non-hydrogen) atoms. The third-order valence-electron chi connectivity index (χ3n) is 3.65. The van der Waals surface area contributed by atoms with Gasteiger partial charge in [0.2, 0.25) is 11.8 Å². The highest BCUT2D eigenvalue weighted by atomic mass is 16.5. The second-order valence-electron chi connectivity index (χ2n) is 5.60. The van der Waals surface area contributed by atoms with E-state index in [1.54, 1.807) is 7.11 Å². The number of carbonyl (C=O) groups excluding carboxylic acids is 3. The molecular weight excluding hydrogens is 300 g/mol. The highest BCUT2D eigenvalue weighted by molar-refractivity contribution is 5.84. The highest BCUT2D eigenvalue weighted by Crippen LogP contribution is 2.16. The summed E-state index contributed by atoms with van der Waals surface area (Å²) in [6, 6.07) is -0.217. The Morgan fingerprint density at radius 2 is 1.70 bits per heavy atom. The van der Waals surface area contributed by atoms with Crippen LogP contribution < -0.4 is 21.3 Å². The van der Waals surface area contributed by atoms with Crippen molar-refractivity contribution in [2.45, 2.75) is 44.6 Å². The molecule has 8 nitrogen and oxygen atoms in total. The molecule has 0 aromatic rings. The van der Waals surface area contributed by atoms with Gasteiger partial charge in [0.05, 0.1) is 13.2 Å². The van der Waals surface area contributed by atoms with Crippen LogP contribution in [-0.2, 0) is 14.3 Å². The monoisotopic (exact) mass is 328 g/mol. The van der Waals surface area contributed by atoms with Crippen molar-refractivity contribution in [3.8, 4) is 0 Å². The average molecular weight is 328 g/mol. The van der Waals surface area contributed by atoms with Gasteiger partial charge in [0, 0.05) is 32.7 Å². The molecule has 1 aliphatic rings. The van der Waals surface area contributed by atoms with Crippen molar-refractivity contribution >= 4 is 17.8 Å². The van der Waals surface area contributed by atoms with Gasteiger partial charge in [-0.15, -0.1) is 0 Å². The first-order valence-electron chi connectivity index (χ1n) is 8.18. The molecule has 0 atom stereocenters. The predicted octanol–water partition coefficient (Wildman–Crippen LogP) is -0.113. The zero-order valence-electron chi connectivity index (χ0n) is 13.8. The quantitative estimate of drug-likeness (QED) is 0.443. The second-order valence-corrected chi connectivity index (χ2v) is 5.60. The second kappa shape index (κ2) is 11.7. The molecule has 8 heteroatoms. The number of carbonyl (C=O) groups is 3. The van der Waals surface area contributed by atoms with Crippen LogP contribution in [0.5, 0.6) is 0 Å². The standard InChI is InChI=1S/C15H28N4O4/c1-23-10-9-16-13(20)7-8-17-15(22)18-11-14(21)19-12-5-3-2-4-6-12/h12H,2-11H2,1H3,(H,16,20)(H,19,21)(H2,17,18,22). The maximum atomic E-state index is 11.7. The molecule has 1 fully saturated rings. The van der Waals surface area contributed by atoms with Crippen molar-refractivity contribution in [3.63, 3.8) is 0 Å². The van der Waals surface area contributed by atoms with Crippen molar-refractivity contribution in [2.75, 3.05) is 33.4 Å². The molecule has 0 spiro atoms. The minimum absolute atomic E-state index is 0.0532. The number of urea groups is 1. The number of rotatable bonds is 9. The van der Waals surface area contributed by atoms with E-state index in [2.05, 4.69) is 21.3 Å². The first-order valence-corrected chi connectivity index (χ1v) is 8.18. The molecule has 1 rings (SSSR count). The molecule has 0 aliphatic heterocycles. The number of amides is 4. The van der Waals surface area contributed by atoms with Gasteiger partial charge in [0.25, 0.3) is 0 Å². The summed E-state index contributed by atoms with van der Waals surface area (Å²) >= 11 is 0. The lowest BCUT2D eigenvalue weighted by atomic mass is 9.95. The first kappa shape index (κ1) is 19.2. The summed E-state index contributed by atoms with van der Waals surface area (Å²) in [4.78, 5) is 34.6. The molecule has 4 amide bonds. The number of nitrogens with one attached hydrogen (secondary N) is 4. The van der Waals surface area contributed by atoms with Crippen LogP contribution in [0.25, 0.3) is 0 Å². The van der Waals surface area contributed by atoms with Crippen LogP contribution >= 0.6 is 0 Å². The van der Waals surface area contributed by atoms with Gasteiger partial charge in [-0.25, -0.2) is 4.79 Å². The van der Waals surface area contributed by atoms with E-state index in [-0.39, 0.29) is 37.4 Å². The number of hydrogen-bond donors (Lipinski definition) is 4. The van der Waals surface area contributed by atoms with Crippen LogP contribution in [0.3, 0.4) is 0 Å². The topological polar surface area (TPSA) is 109 Å². The van der Waals surface area contributed by atoms with E-state index >= 15 is 0 Å². The molecule has 0 unspecified atom stereocenters. The van der Waals surface area contributed by atoms with Crippen LogP contribution in [0.4, 0.5) is 4.79 Å². The SMILES string of the molecule is COCCNC(=O)CCNC(=O)NCC(=O)NC1CCCCC1. The molecule has 0 heterocycles. The third kappa shape index (κ3) is 9.72. The van der Waals surface area contributed by atoms with Gasteiger partial charge in [0.15, 0.2) is 0 Å². The molecule has 0 aromatic carbocycles. The summed E-state index contributed by atoms with van der Waals surface area (Å²) in [5.41, 5.74) is 0.